The molecular formula is C22H22NO2S+. The number of anilines is 3. The first kappa shape index (κ1) is 16.9. The number of phenols is 2. The molecule has 2 N–H and O–H groups in total. The highest BCUT2D eigenvalue weighted by Gasteiger charge is 2.27. The third-order valence-corrected chi connectivity index (χ3v) is 7.21. The normalized spacial score (nSPS) is 14.5. The fourth-order valence-electron chi connectivity index (χ4n) is 3.39. The highest BCUT2D eigenvalue weighted by Crippen LogP contribution is 2.43. The molecule has 4 rings (SSSR count). The van der Waals surface area contributed by atoms with Gasteiger partial charge in [-0.25, -0.2) is 0 Å². The van der Waals surface area contributed by atoms with E-state index in [2.05, 4.69) is 24.3 Å². The van der Waals surface area contributed by atoms with Crippen molar-refractivity contribution in [1.82, 2.24) is 0 Å². The third-order valence-electron chi connectivity index (χ3n) is 4.70. The van der Waals surface area contributed by atoms with Crippen molar-refractivity contribution in [3.63, 3.8) is 0 Å². The van der Waals surface area contributed by atoms with Crippen molar-refractivity contribution in [2.45, 2.75) is 17.7 Å². The largest absolute Gasteiger partial charge is 0.506 e. The quantitative estimate of drug-likeness (QED) is 0.614. The minimum Gasteiger partial charge on any atom is -0.506 e. The first-order chi connectivity index (χ1) is 12.7. The molecule has 1 saturated heterocycles. The van der Waals surface area contributed by atoms with Crippen LogP contribution in [0.2, 0.25) is 0 Å². The number of rotatable bonds is 4. The fourth-order valence-corrected chi connectivity index (χ4v) is 5.69. The Balaban J connectivity index is 1.78. The molecule has 0 radical (unpaired) electrons. The van der Waals surface area contributed by atoms with Gasteiger partial charge in [0.25, 0.3) is 0 Å². The molecule has 3 aromatic carbocycles. The maximum absolute atomic E-state index is 10.4. The number of para-hydroxylation sites is 4. The Labute approximate surface area is 156 Å². The van der Waals surface area contributed by atoms with Crippen LogP contribution in [-0.4, -0.2) is 21.7 Å². The number of nitrogens with zero attached hydrogens (tertiary/aromatic N) is 1. The van der Waals surface area contributed by atoms with Gasteiger partial charge in [-0.05, 0) is 61.4 Å². The van der Waals surface area contributed by atoms with Crippen LogP contribution in [0.15, 0.2) is 77.7 Å². The van der Waals surface area contributed by atoms with Crippen molar-refractivity contribution in [2.24, 2.45) is 0 Å². The summed E-state index contributed by atoms with van der Waals surface area (Å²) in [5.41, 5.74) is 2.20. The van der Waals surface area contributed by atoms with Gasteiger partial charge in [-0.15, -0.1) is 0 Å². The summed E-state index contributed by atoms with van der Waals surface area (Å²) < 4.78 is 0. The Morgan fingerprint density at radius 2 is 1.15 bits per heavy atom. The molecule has 3 aromatic rings. The lowest BCUT2D eigenvalue weighted by molar-refractivity contribution is 0.472. The SMILES string of the molecule is Oc1ccccc1N(c1ccc([S+]2CCCC2)cc1)c1ccccc1O. The predicted molar refractivity (Wildman–Crippen MR) is 109 cm³/mol. The molecule has 1 heterocycles. The zero-order valence-corrected chi connectivity index (χ0v) is 15.3. The van der Waals surface area contributed by atoms with E-state index >= 15 is 0 Å². The van der Waals surface area contributed by atoms with Gasteiger partial charge in [0.1, 0.15) is 23.0 Å². The van der Waals surface area contributed by atoms with Crippen LogP contribution in [-0.2, 0) is 10.9 Å². The van der Waals surface area contributed by atoms with Crippen LogP contribution in [0.5, 0.6) is 11.5 Å². The second-order valence-corrected chi connectivity index (χ2v) is 8.69. The average Bonchev–Trinajstić information content (AvgIpc) is 3.20. The fraction of sp³-hybridized carbons (Fsp3) is 0.182. The van der Waals surface area contributed by atoms with Gasteiger partial charge >= 0.3 is 0 Å². The summed E-state index contributed by atoms with van der Waals surface area (Å²) in [5.74, 6) is 2.94. The molecule has 0 bridgehead atoms. The van der Waals surface area contributed by atoms with Crippen LogP contribution >= 0.6 is 0 Å². The van der Waals surface area contributed by atoms with Crippen molar-refractivity contribution >= 4 is 28.0 Å². The summed E-state index contributed by atoms with van der Waals surface area (Å²) in [7, 11) is 0.373. The zero-order chi connectivity index (χ0) is 17.9. The van der Waals surface area contributed by atoms with Gasteiger partial charge in [-0.1, -0.05) is 24.3 Å². The number of benzene rings is 3. The first-order valence-electron chi connectivity index (χ1n) is 8.88. The van der Waals surface area contributed by atoms with Crippen LogP contribution in [0.25, 0.3) is 0 Å². The van der Waals surface area contributed by atoms with Crippen LogP contribution in [0.4, 0.5) is 17.1 Å². The van der Waals surface area contributed by atoms with Gasteiger partial charge in [-0.3, -0.25) is 0 Å². The Kier molecular flexibility index (Phi) is 4.76. The maximum atomic E-state index is 10.4. The van der Waals surface area contributed by atoms with Crippen molar-refractivity contribution in [3.05, 3.63) is 72.8 Å². The van der Waals surface area contributed by atoms with E-state index in [9.17, 15) is 10.2 Å². The van der Waals surface area contributed by atoms with Gasteiger partial charge in [0.2, 0.25) is 0 Å². The molecule has 0 spiro atoms. The minimum absolute atomic E-state index is 0.178. The van der Waals surface area contributed by atoms with E-state index in [1.807, 2.05) is 29.2 Å². The van der Waals surface area contributed by atoms with E-state index in [1.165, 1.54) is 29.2 Å². The van der Waals surface area contributed by atoms with Crippen LogP contribution < -0.4 is 4.90 Å². The van der Waals surface area contributed by atoms with Crippen molar-refractivity contribution < 1.29 is 10.2 Å². The lowest BCUT2D eigenvalue weighted by atomic mass is 10.1. The van der Waals surface area contributed by atoms with E-state index in [-0.39, 0.29) is 11.5 Å². The number of phenolic OH excluding ortho intramolecular Hbond substituents is 2. The van der Waals surface area contributed by atoms with Crippen molar-refractivity contribution in [1.29, 1.82) is 0 Å². The van der Waals surface area contributed by atoms with Crippen molar-refractivity contribution in [3.8, 4) is 11.5 Å². The van der Waals surface area contributed by atoms with Gasteiger partial charge < -0.3 is 15.1 Å². The van der Waals surface area contributed by atoms with E-state index in [0.717, 1.165) is 5.69 Å². The molecule has 0 saturated carbocycles. The van der Waals surface area contributed by atoms with E-state index in [4.69, 9.17) is 0 Å². The second-order valence-electron chi connectivity index (χ2n) is 6.41. The Hall–Kier alpha value is -2.59. The highest BCUT2D eigenvalue weighted by atomic mass is 32.2. The third kappa shape index (κ3) is 3.25. The minimum atomic E-state index is 0.178. The van der Waals surface area contributed by atoms with Gasteiger partial charge in [0, 0.05) is 16.6 Å². The number of aromatic hydroxyl groups is 2. The van der Waals surface area contributed by atoms with Crippen molar-refractivity contribution in [2.75, 3.05) is 16.4 Å². The molecule has 0 amide bonds. The van der Waals surface area contributed by atoms with Gasteiger partial charge in [-0.2, -0.15) is 0 Å². The van der Waals surface area contributed by atoms with Crippen LogP contribution in [0, 0.1) is 0 Å². The molecule has 1 aliphatic rings. The molecule has 0 unspecified atom stereocenters. The predicted octanol–water partition coefficient (Wildman–Crippen LogP) is 5.34. The standard InChI is InChI=1S/C22H21NO2S/c24-21-9-3-1-7-19(21)23(20-8-2-4-10-22(20)25)17-11-13-18(14-12-17)26-15-5-6-16-26/h1-4,7-14H,5-6,15-16H2,(H-,24,25)/p+1. The first-order valence-corrected chi connectivity index (χ1v) is 10.4. The lowest BCUT2D eigenvalue weighted by Gasteiger charge is -2.26. The molecule has 1 aliphatic heterocycles. The summed E-state index contributed by atoms with van der Waals surface area (Å²) in [5, 5.41) is 20.8. The van der Waals surface area contributed by atoms with Gasteiger partial charge in [0.15, 0.2) is 4.90 Å². The smallest absolute Gasteiger partial charge is 0.155 e. The molecular weight excluding hydrogens is 342 g/mol. The molecule has 0 aromatic heterocycles. The molecule has 4 heteroatoms. The summed E-state index contributed by atoms with van der Waals surface area (Å²) in [6.45, 7) is 0. The Bertz CT molecular complexity index is 843. The average molecular weight is 364 g/mol. The Morgan fingerprint density at radius 1 is 0.654 bits per heavy atom. The zero-order valence-electron chi connectivity index (χ0n) is 14.5. The topological polar surface area (TPSA) is 43.7 Å². The van der Waals surface area contributed by atoms with E-state index < -0.39 is 0 Å². The molecule has 26 heavy (non-hydrogen) atoms. The maximum Gasteiger partial charge on any atom is 0.155 e. The van der Waals surface area contributed by atoms with Crippen LogP contribution in [0.3, 0.4) is 0 Å². The summed E-state index contributed by atoms with van der Waals surface area (Å²) >= 11 is 0. The molecule has 3 nitrogen and oxygen atoms in total. The highest BCUT2D eigenvalue weighted by molar-refractivity contribution is 7.97. The van der Waals surface area contributed by atoms with E-state index in [0.29, 0.717) is 22.3 Å². The molecule has 1 fully saturated rings. The van der Waals surface area contributed by atoms with E-state index in [1.54, 1.807) is 24.3 Å². The van der Waals surface area contributed by atoms with Crippen LogP contribution in [0.1, 0.15) is 12.8 Å². The molecule has 132 valence electrons. The summed E-state index contributed by atoms with van der Waals surface area (Å²) in [6, 6.07) is 23.0. The summed E-state index contributed by atoms with van der Waals surface area (Å²) in [6.07, 6.45) is 2.65. The number of hydrogen-bond acceptors (Lipinski definition) is 3. The molecule has 0 aliphatic carbocycles. The summed E-state index contributed by atoms with van der Waals surface area (Å²) in [4.78, 5) is 3.30. The molecule has 0 atom stereocenters. The lowest BCUT2D eigenvalue weighted by Crippen LogP contribution is -2.11. The van der Waals surface area contributed by atoms with Gasteiger partial charge in [0.05, 0.1) is 11.4 Å². The second kappa shape index (κ2) is 7.34. The Morgan fingerprint density at radius 3 is 1.65 bits per heavy atom. The monoisotopic (exact) mass is 364 g/mol. The number of hydrogen-bond donors (Lipinski definition) is 2.